The van der Waals surface area contributed by atoms with E-state index >= 15 is 0 Å². The first kappa shape index (κ1) is 41.9. The third-order valence-electron chi connectivity index (χ3n) is 12.6. The third-order valence-corrected chi connectivity index (χ3v) is 15.1. The second-order valence-corrected chi connectivity index (χ2v) is 19.0. The number of carbonyl (C=O) groups is 2. The maximum absolute atomic E-state index is 14.1. The van der Waals surface area contributed by atoms with Crippen molar-refractivity contribution in [3.05, 3.63) is 84.2 Å². The summed E-state index contributed by atoms with van der Waals surface area (Å²) in [6.07, 6.45) is 14.4. The van der Waals surface area contributed by atoms with Gasteiger partial charge in [0.05, 0.1) is 60.0 Å². The van der Waals surface area contributed by atoms with Crippen LogP contribution in [0.25, 0.3) is 22.5 Å². The number of nitrogens with zero attached hydrogens (tertiary/aromatic N) is 6. The summed E-state index contributed by atoms with van der Waals surface area (Å²) in [5.74, 6) is 2.11. The molecule has 2 aromatic heterocycles. The van der Waals surface area contributed by atoms with E-state index in [4.69, 9.17) is 21.7 Å². The number of hydrogen-bond acceptors (Lipinski definition) is 8. The van der Waals surface area contributed by atoms with Gasteiger partial charge in [0.15, 0.2) is 0 Å². The highest BCUT2D eigenvalue weighted by Crippen LogP contribution is 2.40. The molecule has 2 saturated carbocycles. The highest BCUT2D eigenvalue weighted by molar-refractivity contribution is 8.76. The Kier molecular flexibility index (Phi) is 14.4. The van der Waals surface area contributed by atoms with Crippen LogP contribution in [0.2, 0.25) is 0 Å². The van der Waals surface area contributed by atoms with Gasteiger partial charge in [0.25, 0.3) is 0 Å². The minimum absolute atomic E-state index is 0. The molecular weight excluding hydrogens is 772 g/mol. The van der Waals surface area contributed by atoms with Crippen LogP contribution in [0.15, 0.2) is 72.8 Å². The van der Waals surface area contributed by atoms with E-state index in [9.17, 15) is 9.59 Å². The summed E-state index contributed by atoms with van der Waals surface area (Å²) in [6.45, 7) is 2.53. The van der Waals surface area contributed by atoms with Crippen LogP contribution in [-0.2, 0) is 22.7 Å². The van der Waals surface area contributed by atoms with Gasteiger partial charge in [-0.05, 0) is 36.8 Å². The summed E-state index contributed by atoms with van der Waals surface area (Å²) in [5, 5.41) is 9.96. The molecule has 2 amide bonds. The van der Waals surface area contributed by atoms with E-state index in [1.165, 1.54) is 64.2 Å². The van der Waals surface area contributed by atoms with Crippen LogP contribution in [0.5, 0.6) is 0 Å². The third kappa shape index (κ3) is 9.78. The van der Waals surface area contributed by atoms with Gasteiger partial charge in [0, 0.05) is 35.7 Å². The summed E-state index contributed by atoms with van der Waals surface area (Å²) in [7, 11) is 3.10. The molecule has 0 saturated heterocycles. The number of halogens is 1. The fourth-order valence-corrected chi connectivity index (χ4v) is 11.8. The number of nitrogens with two attached hydrogens (primary N) is 2. The number of fused-ring (bicyclic) bond motifs is 2. The zero-order valence-electron chi connectivity index (χ0n) is 33.0. The van der Waals surface area contributed by atoms with Crippen LogP contribution in [0.3, 0.4) is 0 Å². The van der Waals surface area contributed by atoms with Gasteiger partial charge in [-0.15, -0.1) is 12.4 Å². The van der Waals surface area contributed by atoms with Crippen LogP contribution in [-0.4, -0.2) is 77.9 Å². The Hall–Kier alpha value is -3.29. The van der Waals surface area contributed by atoms with Crippen molar-refractivity contribution in [2.75, 3.05) is 24.6 Å². The van der Waals surface area contributed by atoms with Gasteiger partial charge >= 0.3 is 0 Å². The number of benzene rings is 2. The number of amides is 2. The molecule has 2 fully saturated rings. The zero-order valence-corrected chi connectivity index (χ0v) is 35.4. The van der Waals surface area contributed by atoms with E-state index < -0.39 is 12.1 Å². The second-order valence-electron chi connectivity index (χ2n) is 16.4. The molecule has 4 aliphatic rings. The monoisotopic (exact) mass is 830 g/mol. The summed E-state index contributed by atoms with van der Waals surface area (Å²) in [6, 6.07) is 23.6. The van der Waals surface area contributed by atoms with Gasteiger partial charge in [-0.25, -0.2) is 0 Å². The molecule has 2 aliphatic heterocycles. The maximum Gasteiger partial charge on any atom is 0.241 e. The van der Waals surface area contributed by atoms with Crippen molar-refractivity contribution in [2.45, 2.75) is 114 Å². The van der Waals surface area contributed by atoms with Crippen LogP contribution >= 0.6 is 34.0 Å². The average molecular weight is 832 g/mol. The minimum atomic E-state index is -0.641. The van der Waals surface area contributed by atoms with Crippen LogP contribution in [0.4, 0.5) is 0 Å². The first-order chi connectivity index (χ1) is 27.4. The molecule has 57 heavy (non-hydrogen) atoms. The smallest absolute Gasteiger partial charge is 0.241 e. The van der Waals surface area contributed by atoms with Crippen molar-refractivity contribution in [3.63, 3.8) is 0 Å². The molecule has 2 aromatic carbocycles. The first-order valence-corrected chi connectivity index (χ1v) is 23.5. The molecule has 4 atom stereocenters. The molecule has 13 heteroatoms. The Morgan fingerprint density at radius 1 is 0.596 bits per heavy atom. The van der Waals surface area contributed by atoms with Gasteiger partial charge in [-0.2, -0.15) is 10.2 Å². The lowest BCUT2D eigenvalue weighted by molar-refractivity contribution is -0.137. The van der Waals surface area contributed by atoms with E-state index in [1.54, 1.807) is 21.6 Å². The molecule has 306 valence electrons. The Bertz CT molecular complexity index is 1780. The van der Waals surface area contributed by atoms with E-state index in [1.807, 2.05) is 46.2 Å². The molecule has 8 rings (SSSR count). The van der Waals surface area contributed by atoms with Crippen molar-refractivity contribution in [3.8, 4) is 22.5 Å². The molecule has 10 nitrogen and oxygen atoms in total. The Labute approximate surface area is 352 Å². The van der Waals surface area contributed by atoms with Crippen LogP contribution in [0.1, 0.15) is 101 Å². The SMILES string of the molecule is Cl.N[C@@H](CSSC[C@H](N)C(=O)N1CCn2nc(-c3ccccc3)cc2[C@@H]1CC1CCCCC1)C(=O)N1CCn2nc(-c3ccccc3)cc2[C@@H]1CC1CCCCC1. The molecule has 2 aliphatic carbocycles. The van der Waals surface area contributed by atoms with Gasteiger partial charge in [0.2, 0.25) is 11.8 Å². The molecule has 4 aromatic rings. The van der Waals surface area contributed by atoms with Crippen molar-refractivity contribution in [2.24, 2.45) is 23.3 Å². The molecule has 4 heterocycles. The minimum Gasteiger partial charge on any atom is -0.331 e. The lowest BCUT2D eigenvalue weighted by atomic mass is 9.83. The largest absolute Gasteiger partial charge is 0.331 e. The summed E-state index contributed by atoms with van der Waals surface area (Å²) < 4.78 is 4.23. The maximum atomic E-state index is 14.1. The van der Waals surface area contributed by atoms with Gasteiger partial charge in [-0.3, -0.25) is 19.0 Å². The highest BCUT2D eigenvalue weighted by Gasteiger charge is 2.38. The van der Waals surface area contributed by atoms with Crippen molar-refractivity contribution >= 4 is 45.8 Å². The number of rotatable bonds is 13. The molecule has 0 radical (unpaired) electrons. The lowest BCUT2D eigenvalue weighted by Crippen LogP contribution is -2.51. The Morgan fingerprint density at radius 2 is 0.982 bits per heavy atom. The van der Waals surface area contributed by atoms with Crippen LogP contribution < -0.4 is 11.5 Å². The van der Waals surface area contributed by atoms with Crippen molar-refractivity contribution in [1.82, 2.24) is 29.4 Å². The summed E-state index contributed by atoms with van der Waals surface area (Å²) in [4.78, 5) is 32.3. The topological polar surface area (TPSA) is 128 Å². The van der Waals surface area contributed by atoms with E-state index in [0.717, 1.165) is 46.7 Å². The molecule has 4 N–H and O–H groups in total. The fraction of sp³-hybridized carbons (Fsp3) is 0.545. The predicted molar refractivity (Wildman–Crippen MR) is 235 cm³/mol. The molecule has 0 bridgehead atoms. The number of carbonyl (C=O) groups excluding carboxylic acids is 2. The van der Waals surface area contributed by atoms with E-state index in [-0.39, 0.29) is 36.3 Å². The Balaban J connectivity index is 0.00000496. The Morgan fingerprint density at radius 3 is 1.37 bits per heavy atom. The van der Waals surface area contributed by atoms with Gasteiger partial charge in [-0.1, -0.05) is 146 Å². The van der Waals surface area contributed by atoms with Crippen molar-refractivity contribution < 1.29 is 9.59 Å². The quantitative estimate of drug-likeness (QED) is 0.102. The van der Waals surface area contributed by atoms with Crippen molar-refractivity contribution in [1.29, 1.82) is 0 Å². The van der Waals surface area contributed by atoms with E-state index in [0.29, 0.717) is 49.5 Å². The first-order valence-electron chi connectivity index (χ1n) is 21.1. The number of aromatic nitrogens is 4. The molecule has 0 spiro atoms. The lowest BCUT2D eigenvalue weighted by Gasteiger charge is -2.40. The van der Waals surface area contributed by atoms with Gasteiger partial charge in [0.1, 0.15) is 0 Å². The fourth-order valence-electron chi connectivity index (χ4n) is 9.61. The number of hydrogen-bond donors (Lipinski definition) is 2. The summed E-state index contributed by atoms with van der Waals surface area (Å²) in [5.41, 5.74) is 19.7. The van der Waals surface area contributed by atoms with E-state index in [2.05, 4.69) is 45.8 Å². The van der Waals surface area contributed by atoms with Crippen LogP contribution in [0, 0.1) is 11.8 Å². The zero-order chi connectivity index (χ0) is 38.4. The second kappa shape index (κ2) is 19.6. The van der Waals surface area contributed by atoms with Gasteiger partial charge < -0.3 is 21.3 Å². The normalized spacial score (nSPS) is 21.3. The predicted octanol–water partition coefficient (Wildman–Crippen LogP) is 8.28. The average Bonchev–Trinajstić information content (AvgIpc) is 3.89. The molecular formula is C44H59ClN8O2S2. The molecule has 0 unspecified atom stereocenters. The highest BCUT2D eigenvalue weighted by atomic mass is 35.5. The standard InChI is InChI=1S/C44H58N8O2S2.ClH/c45-35(43(53)49-21-23-51-41(39(49)25-31-13-5-1-6-14-31)27-37(47-51)33-17-9-3-10-18-33)29-55-56-30-36(46)44(54)50-22-24-52-42(40(50)26-32-15-7-2-8-16-32)28-38(48-52)34-19-11-4-12-20-34;/h3-4,9-12,17-20,27-28,31-32,35-36,39-40H,1-2,5-8,13-16,21-26,29-30,45-46H2;1H/t35-,36-,39-,40-;/m0./s1. The summed E-state index contributed by atoms with van der Waals surface area (Å²) >= 11 is 0.